The highest BCUT2D eigenvalue weighted by molar-refractivity contribution is 5.59. The van der Waals surface area contributed by atoms with E-state index in [1.807, 2.05) is 30.5 Å². The molecule has 4 rings (SSSR count). The van der Waals surface area contributed by atoms with Crippen LogP contribution in [0.4, 0.5) is 11.6 Å². The summed E-state index contributed by atoms with van der Waals surface area (Å²) < 4.78 is 7.20. The minimum Gasteiger partial charge on any atom is -0.497 e. The quantitative estimate of drug-likeness (QED) is 0.725. The van der Waals surface area contributed by atoms with Crippen LogP contribution in [0.15, 0.2) is 29.1 Å². The molecule has 0 saturated heterocycles. The highest BCUT2D eigenvalue weighted by Crippen LogP contribution is 2.32. The number of anilines is 2. The Morgan fingerprint density at radius 2 is 1.76 bits per heavy atom. The van der Waals surface area contributed by atoms with E-state index in [1.165, 1.54) is 38.5 Å². The molecule has 6 nitrogen and oxygen atoms in total. The van der Waals surface area contributed by atoms with Crippen molar-refractivity contribution in [3.8, 4) is 5.75 Å². The number of aryl methyl sites for hydroxylation is 1. The van der Waals surface area contributed by atoms with Gasteiger partial charge in [-0.2, -0.15) is 0 Å². The highest BCUT2D eigenvalue weighted by atomic mass is 16.5. The van der Waals surface area contributed by atoms with Crippen LogP contribution in [0.1, 0.15) is 56.7 Å². The molecule has 0 N–H and O–H groups in total. The van der Waals surface area contributed by atoms with Gasteiger partial charge in [0, 0.05) is 23.0 Å². The minimum atomic E-state index is 0.104. The molecule has 2 heterocycles. The summed E-state index contributed by atoms with van der Waals surface area (Å²) in [5.74, 6) is 1.58. The Morgan fingerprint density at radius 3 is 2.38 bits per heavy atom. The monoisotopic (exact) mass is 396 g/mol. The van der Waals surface area contributed by atoms with Crippen molar-refractivity contribution < 1.29 is 4.74 Å². The number of hydrogen-bond acceptors (Lipinski definition) is 5. The largest absolute Gasteiger partial charge is 0.497 e. The average molecular weight is 397 g/mol. The Bertz CT molecular complexity index is 898. The zero-order chi connectivity index (χ0) is 20.4. The molecule has 0 spiro atoms. The lowest BCUT2D eigenvalue weighted by Crippen LogP contribution is -2.51. The molecule has 0 radical (unpaired) electrons. The molecule has 2 aromatic rings. The fraction of sp³-hybridized carbons (Fsp3) is 0.565. The Balaban J connectivity index is 1.77. The van der Waals surface area contributed by atoms with E-state index in [4.69, 9.17) is 9.72 Å². The van der Waals surface area contributed by atoms with Gasteiger partial charge in [-0.3, -0.25) is 19.2 Å². The van der Waals surface area contributed by atoms with Gasteiger partial charge in [0.15, 0.2) is 0 Å². The zero-order valence-corrected chi connectivity index (χ0v) is 17.9. The first-order valence-electron chi connectivity index (χ1n) is 10.9. The van der Waals surface area contributed by atoms with E-state index in [-0.39, 0.29) is 5.56 Å². The normalized spacial score (nSPS) is 18.4. The first-order chi connectivity index (χ1) is 14.1. The summed E-state index contributed by atoms with van der Waals surface area (Å²) >= 11 is 0. The third-order valence-corrected chi connectivity index (χ3v) is 6.42. The van der Waals surface area contributed by atoms with Crippen LogP contribution in [-0.2, 0) is 13.1 Å². The number of fused-ring (bicyclic) bond motifs is 1. The predicted molar refractivity (Wildman–Crippen MR) is 116 cm³/mol. The molecule has 1 aliphatic heterocycles. The lowest BCUT2D eigenvalue weighted by Gasteiger charge is -2.42. The van der Waals surface area contributed by atoms with Gasteiger partial charge in [0.2, 0.25) is 5.95 Å². The molecule has 156 valence electrons. The molecule has 1 saturated carbocycles. The van der Waals surface area contributed by atoms with Crippen LogP contribution >= 0.6 is 0 Å². The van der Waals surface area contributed by atoms with Crippen molar-refractivity contribution in [3.05, 3.63) is 45.9 Å². The van der Waals surface area contributed by atoms with Crippen molar-refractivity contribution >= 4 is 11.6 Å². The SMILES string of the molecule is CCc1c(C)nc2n(c1=O)CN(C1CCCCCC1)CN2c1ccc(OC)cc1. The average Bonchev–Trinajstić information content (AvgIpc) is 3.03. The lowest BCUT2D eigenvalue weighted by molar-refractivity contribution is 0.123. The van der Waals surface area contributed by atoms with Gasteiger partial charge in [0.05, 0.1) is 20.4 Å². The minimum absolute atomic E-state index is 0.104. The smallest absolute Gasteiger partial charge is 0.259 e. The van der Waals surface area contributed by atoms with Gasteiger partial charge in [-0.1, -0.05) is 32.6 Å². The summed E-state index contributed by atoms with van der Waals surface area (Å²) in [7, 11) is 1.68. The lowest BCUT2D eigenvalue weighted by atomic mass is 10.1. The van der Waals surface area contributed by atoms with Gasteiger partial charge in [-0.15, -0.1) is 0 Å². The Labute approximate surface area is 173 Å². The van der Waals surface area contributed by atoms with E-state index < -0.39 is 0 Å². The number of benzene rings is 1. The summed E-state index contributed by atoms with van der Waals surface area (Å²) in [6.45, 7) is 5.37. The predicted octanol–water partition coefficient (Wildman–Crippen LogP) is 4.21. The van der Waals surface area contributed by atoms with Crippen LogP contribution in [0.5, 0.6) is 5.75 Å². The number of ether oxygens (including phenoxy) is 1. The van der Waals surface area contributed by atoms with Gasteiger partial charge in [0.1, 0.15) is 5.75 Å². The van der Waals surface area contributed by atoms with E-state index in [0.717, 1.165) is 35.3 Å². The van der Waals surface area contributed by atoms with Crippen LogP contribution in [0.2, 0.25) is 0 Å². The van der Waals surface area contributed by atoms with E-state index in [9.17, 15) is 4.79 Å². The van der Waals surface area contributed by atoms with Crippen molar-refractivity contribution in [1.29, 1.82) is 0 Å². The molecule has 6 heteroatoms. The number of nitrogens with zero attached hydrogens (tertiary/aromatic N) is 4. The molecule has 0 unspecified atom stereocenters. The van der Waals surface area contributed by atoms with E-state index in [0.29, 0.717) is 19.1 Å². The molecule has 0 amide bonds. The van der Waals surface area contributed by atoms with E-state index in [2.05, 4.69) is 21.9 Å². The number of methoxy groups -OCH3 is 1. The Hall–Kier alpha value is -2.34. The molecule has 1 aliphatic carbocycles. The number of hydrogen-bond donors (Lipinski definition) is 0. The molecular weight excluding hydrogens is 364 g/mol. The summed E-state index contributed by atoms with van der Waals surface area (Å²) in [6, 6.07) is 8.56. The van der Waals surface area contributed by atoms with Gasteiger partial charge in [-0.25, -0.2) is 4.98 Å². The van der Waals surface area contributed by atoms with Crippen LogP contribution in [0, 0.1) is 6.92 Å². The van der Waals surface area contributed by atoms with Crippen LogP contribution in [0.25, 0.3) is 0 Å². The van der Waals surface area contributed by atoms with Gasteiger partial charge in [0.25, 0.3) is 5.56 Å². The van der Waals surface area contributed by atoms with Crippen molar-refractivity contribution in [2.45, 2.75) is 71.5 Å². The fourth-order valence-electron chi connectivity index (χ4n) is 4.71. The molecular formula is C23H32N4O2. The first-order valence-corrected chi connectivity index (χ1v) is 10.9. The van der Waals surface area contributed by atoms with E-state index >= 15 is 0 Å². The maximum Gasteiger partial charge on any atom is 0.259 e. The molecule has 1 aromatic carbocycles. The maximum absolute atomic E-state index is 13.3. The second-order valence-corrected chi connectivity index (χ2v) is 8.21. The van der Waals surface area contributed by atoms with Crippen LogP contribution in [-0.4, -0.2) is 34.3 Å². The summed E-state index contributed by atoms with van der Waals surface area (Å²) in [4.78, 5) is 22.8. The summed E-state index contributed by atoms with van der Waals surface area (Å²) in [5.41, 5.74) is 2.80. The maximum atomic E-state index is 13.3. The molecule has 29 heavy (non-hydrogen) atoms. The summed E-state index contributed by atoms with van der Waals surface area (Å²) in [6.07, 6.45) is 8.33. The van der Waals surface area contributed by atoms with Crippen LogP contribution < -0.4 is 15.2 Å². The van der Waals surface area contributed by atoms with Gasteiger partial charge >= 0.3 is 0 Å². The highest BCUT2D eigenvalue weighted by Gasteiger charge is 2.31. The fourth-order valence-corrected chi connectivity index (χ4v) is 4.71. The van der Waals surface area contributed by atoms with Gasteiger partial charge in [-0.05, 0) is 50.5 Å². The second-order valence-electron chi connectivity index (χ2n) is 8.21. The third-order valence-electron chi connectivity index (χ3n) is 6.42. The van der Waals surface area contributed by atoms with E-state index in [1.54, 1.807) is 7.11 Å². The molecule has 1 fully saturated rings. The number of aromatic nitrogens is 2. The van der Waals surface area contributed by atoms with Crippen molar-refractivity contribution in [1.82, 2.24) is 14.5 Å². The van der Waals surface area contributed by atoms with Crippen molar-refractivity contribution in [3.63, 3.8) is 0 Å². The van der Waals surface area contributed by atoms with Crippen LogP contribution in [0.3, 0.4) is 0 Å². The molecule has 0 atom stereocenters. The van der Waals surface area contributed by atoms with Gasteiger partial charge < -0.3 is 4.74 Å². The molecule has 2 aliphatic rings. The van der Waals surface area contributed by atoms with Crippen molar-refractivity contribution in [2.24, 2.45) is 0 Å². The Morgan fingerprint density at radius 1 is 1.07 bits per heavy atom. The summed E-state index contributed by atoms with van der Waals surface area (Å²) in [5, 5.41) is 0. The third kappa shape index (κ3) is 3.90. The Kier molecular flexibility index (Phi) is 5.90. The molecule has 0 bridgehead atoms. The number of rotatable bonds is 4. The van der Waals surface area contributed by atoms with Crippen molar-refractivity contribution in [2.75, 3.05) is 18.7 Å². The molecule has 1 aromatic heterocycles. The zero-order valence-electron chi connectivity index (χ0n) is 17.9. The second kappa shape index (κ2) is 8.57. The topological polar surface area (TPSA) is 50.6 Å². The standard InChI is InChI=1S/C23H32N4O2/c1-4-21-17(2)24-23-26(19-11-13-20(29-3)14-12-19)15-25(16-27(23)22(21)28)18-9-7-5-6-8-10-18/h11-14,18H,4-10,15-16H2,1-3H3. The first kappa shape index (κ1) is 20.0.